The van der Waals surface area contributed by atoms with Crippen molar-refractivity contribution in [1.29, 1.82) is 0 Å². The lowest BCUT2D eigenvalue weighted by Gasteiger charge is -2.06. The number of hydrogen-bond donors (Lipinski definition) is 1. The van der Waals surface area contributed by atoms with Gasteiger partial charge in [0.25, 0.3) is 0 Å². The summed E-state index contributed by atoms with van der Waals surface area (Å²) in [7, 11) is 1.61. The third kappa shape index (κ3) is 2.91. The molecule has 4 heteroatoms. The van der Waals surface area contributed by atoms with Crippen molar-refractivity contribution in [3.63, 3.8) is 0 Å². The van der Waals surface area contributed by atoms with Crippen LogP contribution in [-0.2, 0) is 0 Å². The summed E-state index contributed by atoms with van der Waals surface area (Å²) < 4.78 is 18.2. The third-order valence-electron chi connectivity index (χ3n) is 2.24. The van der Waals surface area contributed by atoms with Crippen molar-refractivity contribution in [2.75, 3.05) is 12.8 Å². The Morgan fingerprint density at radius 3 is 2.76 bits per heavy atom. The van der Waals surface area contributed by atoms with Gasteiger partial charge in [0.1, 0.15) is 11.6 Å². The molecule has 0 aliphatic heterocycles. The number of rotatable bonds is 3. The standard InChI is InChI=1S/C13H12FNOS/c1-16-10-3-2-4-11(8-10)17-13-7-9(14)5-6-12(13)15/h2-8H,15H2,1H3. The van der Waals surface area contributed by atoms with E-state index in [1.807, 2.05) is 24.3 Å². The quantitative estimate of drug-likeness (QED) is 0.845. The zero-order valence-corrected chi connectivity index (χ0v) is 10.1. The molecule has 2 rings (SSSR count). The van der Waals surface area contributed by atoms with Crippen molar-refractivity contribution < 1.29 is 9.13 Å². The number of nitrogens with two attached hydrogens (primary N) is 1. The van der Waals surface area contributed by atoms with Crippen LogP contribution in [0.25, 0.3) is 0 Å². The fourth-order valence-electron chi connectivity index (χ4n) is 1.39. The summed E-state index contributed by atoms with van der Waals surface area (Å²) in [5.74, 6) is 0.481. The number of nitrogen functional groups attached to an aromatic ring is 1. The van der Waals surface area contributed by atoms with Crippen LogP contribution in [-0.4, -0.2) is 7.11 Å². The Kier molecular flexibility index (Phi) is 3.54. The van der Waals surface area contributed by atoms with Crippen LogP contribution in [0.4, 0.5) is 10.1 Å². The maximum Gasteiger partial charge on any atom is 0.124 e. The lowest BCUT2D eigenvalue weighted by molar-refractivity contribution is 0.413. The molecule has 2 aromatic rings. The molecule has 0 aliphatic carbocycles. The summed E-state index contributed by atoms with van der Waals surface area (Å²) in [4.78, 5) is 1.67. The first kappa shape index (κ1) is 11.8. The average molecular weight is 249 g/mol. The van der Waals surface area contributed by atoms with E-state index in [0.29, 0.717) is 10.6 Å². The van der Waals surface area contributed by atoms with Crippen LogP contribution in [0.3, 0.4) is 0 Å². The van der Waals surface area contributed by atoms with Crippen LogP contribution in [0.2, 0.25) is 0 Å². The second-order valence-corrected chi connectivity index (χ2v) is 4.58. The molecule has 0 aliphatic rings. The van der Waals surface area contributed by atoms with E-state index in [2.05, 4.69) is 0 Å². The van der Waals surface area contributed by atoms with Gasteiger partial charge >= 0.3 is 0 Å². The van der Waals surface area contributed by atoms with Gasteiger partial charge in [-0.15, -0.1) is 0 Å². The molecule has 2 aromatic carbocycles. The maximum atomic E-state index is 13.1. The molecule has 0 fully saturated rings. The van der Waals surface area contributed by atoms with E-state index in [-0.39, 0.29) is 5.82 Å². The third-order valence-corrected chi connectivity index (χ3v) is 3.31. The Balaban J connectivity index is 2.27. The second kappa shape index (κ2) is 5.10. The van der Waals surface area contributed by atoms with Gasteiger partial charge < -0.3 is 10.5 Å². The van der Waals surface area contributed by atoms with Gasteiger partial charge in [-0.25, -0.2) is 4.39 Å². The molecule has 0 unspecified atom stereocenters. The number of benzene rings is 2. The minimum absolute atomic E-state index is 0.287. The van der Waals surface area contributed by atoms with E-state index < -0.39 is 0 Å². The van der Waals surface area contributed by atoms with Crippen LogP contribution in [0.5, 0.6) is 5.75 Å². The number of hydrogen-bond acceptors (Lipinski definition) is 3. The van der Waals surface area contributed by atoms with E-state index >= 15 is 0 Å². The molecule has 88 valence electrons. The van der Waals surface area contributed by atoms with E-state index in [4.69, 9.17) is 10.5 Å². The minimum Gasteiger partial charge on any atom is -0.497 e. The molecule has 2 N–H and O–H groups in total. The molecule has 0 radical (unpaired) electrons. The summed E-state index contributed by atoms with van der Waals surface area (Å²) in [5, 5.41) is 0. The van der Waals surface area contributed by atoms with Gasteiger partial charge in [-0.05, 0) is 36.4 Å². The van der Waals surface area contributed by atoms with Gasteiger partial charge in [0, 0.05) is 15.5 Å². The molecule has 0 amide bonds. The molecule has 0 bridgehead atoms. The number of anilines is 1. The molecule has 0 saturated carbocycles. The van der Waals surface area contributed by atoms with Crippen molar-refractivity contribution in [3.05, 3.63) is 48.3 Å². The van der Waals surface area contributed by atoms with Crippen LogP contribution >= 0.6 is 11.8 Å². The van der Waals surface area contributed by atoms with E-state index in [1.165, 1.54) is 23.9 Å². The summed E-state index contributed by atoms with van der Waals surface area (Å²) in [5.41, 5.74) is 6.36. The van der Waals surface area contributed by atoms with Crippen LogP contribution in [0, 0.1) is 5.82 Å². The molecule has 0 spiro atoms. The summed E-state index contributed by atoms with van der Waals surface area (Å²) >= 11 is 1.41. The Morgan fingerprint density at radius 1 is 1.18 bits per heavy atom. The molecular weight excluding hydrogens is 237 g/mol. The monoisotopic (exact) mass is 249 g/mol. The first-order valence-electron chi connectivity index (χ1n) is 5.06. The van der Waals surface area contributed by atoms with Crippen molar-refractivity contribution in [3.8, 4) is 5.75 Å². The molecule has 0 heterocycles. The van der Waals surface area contributed by atoms with Crippen LogP contribution in [0.15, 0.2) is 52.3 Å². The van der Waals surface area contributed by atoms with Gasteiger partial charge in [0.2, 0.25) is 0 Å². The molecule has 0 saturated heterocycles. The number of methoxy groups -OCH3 is 1. The van der Waals surface area contributed by atoms with Crippen molar-refractivity contribution >= 4 is 17.4 Å². The predicted molar refractivity (Wildman–Crippen MR) is 67.9 cm³/mol. The SMILES string of the molecule is COc1cccc(Sc2cc(F)ccc2N)c1. The van der Waals surface area contributed by atoms with Gasteiger partial charge in [-0.2, -0.15) is 0 Å². The fraction of sp³-hybridized carbons (Fsp3) is 0.0769. The summed E-state index contributed by atoms with van der Waals surface area (Å²) in [6.07, 6.45) is 0. The maximum absolute atomic E-state index is 13.1. The Labute approximate surface area is 104 Å². The van der Waals surface area contributed by atoms with Gasteiger partial charge in [-0.1, -0.05) is 17.8 Å². The number of halogens is 1. The topological polar surface area (TPSA) is 35.2 Å². The zero-order chi connectivity index (χ0) is 12.3. The average Bonchev–Trinajstić information content (AvgIpc) is 2.34. The zero-order valence-electron chi connectivity index (χ0n) is 9.31. The summed E-state index contributed by atoms with van der Waals surface area (Å²) in [6.45, 7) is 0. The lowest BCUT2D eigenvalue weighted by Crippen LogP contribution is -1.89. The molecule has 0 atom stereocenters. The highest BCUT2D eigenvalue weighted by Gasteiger charge is 2.04. The Bertz CT molecular complexity index is 531. The van der Waals surface area contributed by atoms with Crippen LogP contribution in [0.1, 0.15) is 0 Å². The molecule has 17 heavy (non-hydrogen) atoms. The lowest BCUT2D eigenvalue weighted by atomic mass is 10.3. The molecule has 0 aromatic heterocycles. The molecular formula is C13H12FNOS. The second-order valence-electron chi connectivity index (χ2n) is 3.46. The van der Waals surface area contributed by atoms with E-state index in [0.717, 1.165) is 10.6 Å². The van der Waals surface area contributed by atoms with Crippen molar-refractivity contribution in [2.45, 2.75) is 9.79 Å². The smallest absolute Gasteiger partial charge is 0.124 e. The molecule has 2 nitrogen and oxygen atoms in total. The van der Waals surface area contributed by atoms with Crippen LogP contribution < -0.4 is 10.5 Å². The highest BCUT2D eigenvalue weighted by molar-refractivity contribution is 7.99. The predicted octanol–water partition coefficient (Wildman–Crippen LogP) is 3.57. The highest BCUT2D eigenvalue weighted by atomic mass is 32.2. The van der Waals surface area contributed by atoms with Gasteiger partial charge in [-0.3, -0.25) is 0 Å². The van der Waals surface area contributed by atoms with Gasteiger partial charge in [0.05, 0.1) is 7.11 Å². The van der Waals surface area contributed by atoms with E-state index in [9.17, 15) is 4.39 Å². The van der Waals surface area contributed by atoms with Crippen molar-refractivity contribution in [2.24, 2.45) is 0 Å². The Morgan fingerprint density at radius 2 is 2.00 bits per heavy atom. The largest absolute Gasteiger partial charge is 0.497 e. The normalized spacial score (nSPS) is 10.2. The minimum atomic E-state index is -0.287. The van der Waals surface area contributed by atoms with E-state index in [1.54, 1.807) is 13.2 Å². The summed E-state index contributed by atoms with van der Waals surface area (Å²) in [6, 6.07) is 11.9. The first-order valence-corrected chi connectivity index (χ1v) is 5.87. The fourth-order valence-corrected chi connectivity index (χ4v) is 2.32. The highest BCUT2D eigenvalue weighted by Crippen LogP contribution is 2.33. The number of ether oxygens (including phenoxy) is 1. The Hall–Kier alpha value is -1.68. The van der Waals surface area contributed by atoms with Gasteiger partial charge in [0.15, 0.2) is 0 Å². The first-order chi connectivity index (χ1) is 8.19. The van der Waals surface area contributed by atoms with Crippen molar-refractivity contribution in [1.82, 2.24) is 0 Å².